The number of piperazine rings is 1. The van der Waals surface area contributed by atoms with Crippen LogP contribution in [-0.2, 0) is 11.3 Å². The maximum absolute atomic E-state index is 13.3. The van der Waals surface area contributed by atoms with E-state index >= 15 is 0 Å². The van der Waals surface area contributed by atoms with Crippen LogP contribution in [0.2, 0.25) is 0 Å². The molecule has 1 fully saturated rings. The lowest BCUT2D eigenvalue weighted by Crippen LogP contribution is -2.52. The van der Waals surface area contributed by atoms with Crippen LogP contribution in [0.5, 0.6) is 0 Å². The second-order valence-electron chi connectivity index (χ2n) is 6.76. The number of nitrogens with zero attached hydrogens (tertiary/aromatic N) is 3. The van der Waals surface area contributed by atoms with Crippen LogP contribution in [0.4, 0.5) is 10.1 Å². The Bertz CT molecular complexity index is 840. The first-order valence-corrected chi connectivity index (χ1v) is 9.07. The Morgan fingerprint density at radius 3 is 2.63 bits per heavy atom. The number of carbonyl (C=O) groups is 1. The minimum absolute atomic E-state index is 0.135. The summed E-state index contributed by atoms with van der Waals surface area (Å²) in [4.78, 5) is 16.9. The van der Waals surface area contributed by atoms with Crippen molar-refractivity contribution in [3.63, 3.8) is 0 Å². The number of halogens is 1. The highest BCUT2D eigenvalue weighted by molar-refractivity contribution is 5.94. The van der Waals surface area contributed by atoms with Gasteiger partial charge in [0.2, 0.25) is 5.91 Å². The Kier molecular flexibility index (Phi) is 6.17. The molecule has 1 amide bonds. The smallest absolute Gasteiger partial charge is 0.241 e. The Labute approximate surface area is 159 Å². The van der Waals surface area contributed by atoms with Gasteiger partial charge in [0.25, 0.3) is 0 Å². The summed E-state index contributed by atoms with van der Waals surface area (Å²) in [6.07, 6.45) is 0. The zero-order chi connectivity index (χ0) is 19.2. The maximum atomic E-state index is 13.3. The monoisotopic (exact) mass is 366 g/mol. The Morgan fingerprint density at radius 2 is 1.93 bits per heavy atom. The molecule has 2 aromatic rings. The summed E-state index contributed by atoms with van der Waals surface area (Å²) in [5, 5.41) is 12.0. The number of carbonyl (C=O) groups excluding carboxylic acids is 1. The van der Waals surface area contributed by atoms with Gasteiger partial charge in [0.1, 0.15) is 5.82 Å². The van der Waals surface area contributed by atoms with Gasteiger partial charge in [0, 0.05) is 38.4 Å². The van der Waals surface area contributed by atoms with Crippen LogP contribution in [0.1, 0.15) is 18.1 Å². The molecular formula is C21H23FN4O. The molecule has 0 spiro atoms. The van der Waals surface area contributed by atoms with Crippen molar-refractivity contribution in [1.29, 1.82) is 5.26 Å². The number of anilines is 1. The standard InChI is InChI=1S/C21H23FN4O/c1-16(21(27)24-20-8-4-7-19(22)13-20)26-11-9-25(10-12-26)15-18-6-3-2-5-17(18)14-23/h2-8,13,16H,9-12,15H2,1H3,(H,24,27). The zero-order valence-corrected chi connectivity index (χ0v) is 15.4. The van der Waals surface area contributed by atoms with Crippen LogP contribution in [0, 0.1) is 17.1 Å². The minimum Gasteiger partial charge on any atom is -0.325 e. The average molecular weight is 366 g/mol. The lowest BCUT2D eigenvalue weighted by Gasteiger charge is -2.37. The van der Waals surface area contributed by atoms with Crippen molar-refractivity contribution in [3.05, 3.63) is 65.5 Å². The molecule has 1 N–H and O–H groups in total. The van der Waals surface area contributed by atoms with Crippen molar-refractivity contribution >= 4 is 11.6 Å². The summed E-state index contributed by atoms with van der Waals surface area (Å²) in [6, 6.07) is 15.5. The van der Waals surface area contributed by atoms with E-state index in [2.05, 4.69) is 21.2 Å². The van der Waals surface area contributed by atoms with E-state index in [4.69, 9.17) is 0 Å². The van der Waals surface area contributed by atoms with Crippen LogP contribution in [0.3, 0.4) is 0 Å². The molecule has 140 valence electrons. The summed E-state index contributed by atoms with van der Waals surface area (Å²) < 4.78 is 13.3. The molecule has 3 rings (SSSR count). The van der Waals surface area contributed by atoms with Crippen molar-refractivity contribution < 1.29 is 9.18 Å². The highest BCUT2D eigenvalue weighted by Crippen LogP contribution is 2.15. The van der Waals surface area contributed by atoms with Crippen LogP contribution in [-0.4, -0.2) is 47.9 Å². The number of benzene rings is 2. The number of nitriles is 1. The van der Waals surface area contributed by atoms with Crippen LogP contribution in [0.15, 0.2) is 48.5 Å². The second-order valence-corrected chi connectivity index (χ2v) is 6.76. The molecule has 0 radical (unpaired) electrons. The van der Waals surface area contributed by atoms with Gasteiger partial charge in [-0.15, -0.1) is 0 Å². The van der Waals surface area contributed by atoms with Gasteiger partial charge in [-0.25, -0.2) is 4.39 Å². The third kappa shape index (κ3) is 4.91. The normalized spacial score (nSPS) is 16.5. The quantitative estimate of drug-likeness (QED) is 0.884. The fourth-order valence-corrected chi connectivity index (χ4v) is 3.30. The van der Waals surface area contributed by atoms with E-state index in [0.29, 0.717) is 11.3 Å². The molecule has 1 heterocycles. The third-order valence-electron chi connectivity index (χ3n) is 4.96. The van der Waals surface area contributed by atoms with Gasteiger partial charge in [0.15, 0.2) is 0 Å². The third-order valence-corrected chi connectivity index (χ3v) is 4.96. The summed E-state index contributed by atoms with van der Waals surface area (Å²) in [5.74, 6) is -0.504. The van der Waals surface area contributed by atoms with E-state index in [1.807, 2.05) is 31.2 Å². The van der Waals surface area contributed by atoms with Crippen LogP contribution < -0.4 is 5.32 Å². The summed E-state index contributed by atoms with van der Waals surface area (Å²) >= 11 is 0. The fourth-order valence-electron chi connectivity index (χ4n) is 3.30. The highest BCUT2D eigenvalue weighted by Gasteiger charge is 2.26. The molecule has 0 aromatic heterocycles. The van der Waals surface area contributed by atoms with Gasteiger partial charge >= 0.3 is 0 Å². The largest absolute Gasteiger partial charge is 0.325 e. The summed E-state index contributed by atoms with van der Waals surface area (Å²) in [7, 11) is 0. The predicted octanol–water partition coefficient (Wildman–Crippen LogP) is 2.84. The molecule has 1 saturated heterocycles. The van der Waals surface area contributed by atoms with Gasteiger partial charge in [-0.2, -0.15) is 5.26 Å². The van der Waals surface area contributed by atoms with E-state index in [9.17, 15) is 14.4 Å². The molecule has 6 heteroatoms. The van der Waals surface area contributed by atoms with E-state index in [1.165, 1.54) is 12.1 Å². The van der Waals surface area contributed by atoms with E-state index in [0.717, 1.165) is 38.3 Å². The number of amides is 1. The van der Waals surface area contributed by atoms with Gasteiger partial charge in [0.05, 0.1) is 17.7 Å². The van der Waals surface area contributed by atoms with Gasteiger partial charge in [-0.3, -0.25) is 14.6 Å². The average Bonchev–Trinajstić information content (AvgIpc) is 2.68. The molecule has 1 unspecified atom stereocenters. The minimum atomic E-state index is -0.369. The molecule has 5 nitrogen and oxygen atoms in total. The number of hydrogen-bond donors (Lipinski definition) is 1. The molecule has 1 aliphatic heterocycles. The molecule has 1 atom stereocenters. The number of rotatable bonds is 5. The van der Waals surface area contributed by atoms with Crippen molar-refractivity contribution in [2.45, 2.75) is 19.5 Å². The van der Waals surface area contributed by atoms with Crippen LogP contribution >= 0.6 is 0 Å². The van der Waals surface area contributed by atoms with Gasteiger partial charge in [-0.05, 0) is 36.8 Å². The van der Waals surface area contributed by atoms with E-state index in [1.54, 1.807) is 12.1 Å². The topological polar surface area (TPSA) is 59.4 Å². The Hall–Kier alpha value is -2.75. The number of nitrogens with one attached hydrogen (secondary N) is 1. The predicted molar refractivity (Wildman–Crippen MR) is 102 cm³/mol. The second kappa shape index (κ2) is 8.76. The molecule has 0 saturated carbocycles. The molecule has 0 bridgehead atoms. The Morgan fingerprint density at radius 1 is 1.19 bits per heavy atom. The van der Waals surface area contributed by atoms with Gasteiger partial charge in [-0.1, -0.05) is 24.3 Å². The van der Waals surface area contributed by atoms with Gasteiger partial charge < -0.3 is 5.32 Å². The highest BCUT2D eigenvalue weighted by atomic mass is 19.1. The fraction of sp³-hybridized carbons (Fsp3) is 0.333. The van der Waals surface area contributed by atoms with Crippen molar-refractivity contribution in [2.75, 3.05) is 31.5 Å². The van der Waals surface area contributed by atoms with E-state index in [-0.39, 0.29) is 17.8 Å². The van der Waals surface area contributed by atoms with Crippen molar-refractivity contribution in [1.82, 2.24) is 9.80 Å². The van der Waals surface area contributed by atoms with Crippen LogP contribution in [0.25, 0.3) is 0 Å². The molecule has 2 aromatic carbocycles. The first-order chi connectivity index (χ1) is 13.1. The molecular weight excluding hydrogens is 343 g/mol. The summed E-state index contributed by atoms with van der Waals surface area (Å²) in [6.45, 7) is 5.81. The van der Waals surface area contributed by atoms with Crippen molar-refractivity contribution in [2.24, 2.45) is 0 Å². The molecule has 1 aliphatic rings. The molecule has 27 heavy (non-hydrogen) atoms. The SMILES string of the molecule is CC(C(=O)Nc1cccc(F)c1)N1CCN(Cc2ccccc2C#N)CC1. The molecule has 0 aliphatic carbocycles. The lowest BCUT2D eigenvalue weighted by molar-refractivity contribution is -0.121. The first kappa shape index (κ1) is 19.0. The number of hydrogen-bond acceptors (Lipinski definition) is 4. The maximum Gasteiger partial charge on any atom is 0.241 e. The first-order valence-electron chi connectivity index (χ1n) is 9.07. The lowest BCUT2D eigenvalue weighted by atomic mass is 10.1. The van der Waals surface area contributed by atoms with Crippen molar-refractivity contribution in [3.8, 4) is 6.07 Å². The van der Waals surface area contributed by atoms with E-state index < -0.39 is 0 Å². The zero-order valence-electron chi connectivity index (χ0n) is 15.4. The summed E-state index contributed by atoms with van der Waals surface area (Å²) in [5.41, 5.74) is 2.21. The Balaban J connectivity index is 1.52.